The highest BCUT2D eigenvalue weighted by atomic mass is 16.5. The molecule has 2 aromatic rings. The highest BCUT2D eigenvalue weighted by Gasteiger charge is 2.27. The summed E-state index contributed by atoms with van der Waals surface area (Å²) in [5.41, 5.74) is 2.30. The van der Waals surface area contributed by atoms with Crippen molar-refractivity contribution in [1.29, 1.82) is 0 Å². The van der Waals surface area contributed by atoms with Crippen LogP contribution in [0.1, 0.15) is 18.5 Å². The molecule has 2 heterocycles. The van der Waals surface area contributed by atoms with E-state index in [2.05, 4.69) is 53.4 Å². The number of ether oxygens (including phenoxy) is 1. The number of aromatic nitrogens is 1. The van der Waals surface area contributed by atoms with Gasteiger partial charge in [-0.05, 0) is 31.3 Å². The van der Waals surface area contributed by atoms with Crippen LogP contribution in [0.15, 0.2) is 36.5 Å². The summed E-state index contributed by atoms with van der Waals surface area (Å²) in [6.45, 7) is 5.83. The number of hydrogen-bond donors (Lipinski definition) is 1. The maximum absolute atomic E-state index is 6.00. The SMILES string of the molecule is CCNC(c1ccc2cccnc2c1)C1CN(C)CCO1. The first-order valence-electron chi connectivity index (χ1n) is 7.66. The normalized spacial score (nSPS) is 21.5. The van der Waals surface area contributed by atoms with Gasteiger partial charge in [-0.2, -0.15) is 0 Å². The fourth-order valence-electron chi connectivity index (χ4n) is 2.97. The smallest absolute Gasteiger partial charge is 0.0896 e. The first kappa shape index (κ1) is 14.4. The van der Waals surface area contributed by atoms with Crippen molar-refractivity contribution in [3.05, 3.63) is 42.1 Å². The average Bonchev–Trinajstić information content (AvgIpc) is 2.52. The Balaban J connectivity index is 1.90. The molecule has 0 radical (unpaired) electrons. The average molecular weight is 285 g/mol. The van der Waals surface area contributed by atoms with Gasteiger partial charge < -0.3 is 15.0 Å². The van der Waals surface area contributed by atoms with Gasteiger partial charge >= 0.3 is 0 Å². The van der Waals surface area contributed by atoms with Gasteiger partial charge in [-0.3, -0.25) is 4.98 Å². The number of rotatable bonds is 4. The van der Waals surface area contributed by atoms with Gasteiger partial charge in [0.05, 0.1) is 24.3 Å². The number of hydrogen-bond acceptors (Lipinski definition) is 4. The zero-order valence-corrected chi connectivity index (χ0v) is 12.7. The van der Waals surface area contributed by atoms with Crippen LogP contribution >= 0.6 is 0 Å². The molecule has 3 rings (SSSR count). The van der Waals surface area contributed by atoms with E-state index in [0.29, 0.717) is 0 Å². The quantitative estimate of drug-likeness (QED) is 0.934. The van der Waals surface area contributed by atoms with E-state index in [1.54, 1.807) is 0 Å². The van der Waals surface area contributed by atoms with Crippen molar-refractivity contribution in [2.45, 2.75) is 19.1 Å². The lowest BCUT2D eigenvalue weighted by Gasteiger charge is -2.35. The van der Waals surface area contributed by atoms with Gasteiger partial charge in [0.1, 0.15) is 0 Å². The molecule has 1 aliphatic rings. The monoisotopic (exact) mass is 285 g/mol. The predicted molar refractivity (Wildman–Crippen MR) is 85.4 cm³/mol. The molecule has 21 heavy (non-hydrogen) atoms. The minimum atomic E-state index is 0.185. The van der Waals surface area contributed by atoms with E-state index in [0.717, 1.165) is 31.8 Å². The summed E-state index contributed by atoms with van der Waals surface area (Å²) in [4.78, 5) is 6.80. The maximum Gasteiger partial charge on any atom is 0.0896 e. The van der Waals surface area contributed by atoms with Crippen LogP contribution < -0.4 is 5.32 Å². The van der Waals surface area contributed by atoms with Crippen molar-refractivity contribution >= 4 is 10.9 Å². The van der Waals surface area contributed by atoms with Gasteiger partial charge in [-0.15, -0.1) is 0 Å². The third kappa shape index (κ3) is 3.23. The Kier molecular flexibility index (Phi) is 4.48. The second kappa shape index (κ2) is 6.52. The lowest BCUT2D eigenvalue weighted by Crippen LogP contribution is -2.46. The number of pyridine rings is 1. The lowest BCUT2D eigenvalue weighted by atomic mass is 9.98. The maximum atomic E-state index is 6.00. The highest BCUT2D eigenvalue weighted by molar-refractivity contribution is 5.79. The molecule has 1 aliphatic heterocycles. The molecule has 0 bridgehead atoms. The van der Waals surface area contributed by atoms with E-state index >= 15 is 0 Å². The van der Waals surface area contributed by atoms with Crippen molar-refractivity contribution in [2.24, 2.45) is 0 Å². The van der Waals surface area contributed by atoms with Crippen molar-refractivity contribution in [3.63, 3.8) is 0 Å². The summed E-state index contributed by atoms with van der Waals surface area (Å²) >= 11 is 0. The zero-order chi connectivity index (χ0) is 14.7. The molecule has 0 aliphatic carbocycles. The third-order valence-corrected chi connectivity index (χ3v) is 4.08. The van der Waals surface area contributed by atoms with Gasteiger partial charge in [0.25, 0.3) is 0 Å². The van der Waals surface area contributed by atoms with Crippen LogP contribution in [-0.4, -0.2) is 49.3 Å². The summed E-state index contributed by atoms with van der Waals surface area (Å²) in [7, 11) is 2.15. The molecule has 1 aromatic carbocycles. The molecule has 4 heteroatoms. The number of morpholine rings is 1. The van der Waals surface area contributed by atoms with Gasteiger partial charge in [-0.25, -0.2) is 0 Å². The van der Waals surface area contributed by atoms with E-state index < -0.39 is 0 Å². The van der Waals surface area contributed by atoms with E-state index in [-0.39, 0.29) is 12.1 Å². The van der Waals surface area contributed by atoms with Crippen LogP contribution in [0.4, 0.5) is 0 Å². The highest BCUT2D eigenvalue weighted by Crippen LogP contribution is 2.25. The van der Waals surface area contributed by atoms with Gasteiger partial charge in [-0.1, -0.05) is 25.1 Å². The molecular formula is C17H23N3O. The first-order chi connectivity index (χ1) is 10.3. The van der Waals surface area contributed by atoms with Gasteiger partial charge in [0, 0.05) is 24.7 Å². The van der Waals surface area contributed by atoms with Crippen LogP contribution in [0, 0.1) is 0 Å². The van der Waals surface area contributed by atoms with Gasteiger partial charge in [0.2, 0.25) is 0 Å². The Bertz CT molecular complexity index is 601. The Morgan fingerprint density at radius 1 is 1.43 bits per heavy atom. The topological polar surface area (TPSA) is 37.4 Å². The fraction of sp³-hybridized carbons (Fsp3) is 0.471. The van der Waals surface area contributed by atoms with Crippen molar-refractivity contribution in [2.75, 3.05) is 33.3 Å². The summed E-state index contributed by atoms with van der Waals surface area (Å²) in [5, 5.41) is 4.75. The fourth-order valence-corrected chi connectivity index (χ4v) is 2.97. The minimum Gasteiger partial charge on any atom is -0.374 e. The number of benzene rings is 1. The zero-order valence-electron chi connectivity index (χ0n) is 12.7. The lowest BCUT2D eigenvalue weighted by molar-refractivity contribution is -0.0389. The molecule has 2 unspecified atom stereocenters. The van der Waals surface area contributed by atoms with Gasteiger partial charge in [0.15, 0.2) is 0 Å². The number of nitrogens with one attached hydrogen (secondary N) is 1. The molecule has 1 N–H and O–H groups in total. The number of nitrogens with zero attached hydrogens (tertiary/aromatic N) is 2. The third-order valence-electron chi connectivity index (χ3n) is 4.08. The molecule has 1 saturated heterocycles. The predicted octanol–water partition coefficient (Wildman–Crippen LogP) is 2.22. The Morgan fingerprint density at radius 2 is 2.33 bits per heavy atom. The Labute approximate surface area is 126 Å². The largest absolute Gasteiger partial charge is 0.374 e. The van der Waals surface area contributed by atoms with E-state index in [9.17, 15) is 0 Å². The molecular weight excluding hydrogens is 262 g/mol. The minimum absolute atomic E-state index is 0.185. The van der Waals surface area contributed by atoms with Crippen molar-refractivity contribution < 1.29 is 4.74 Å². The van der Waals surface area contributed by atoms with E-state index in [1.165, 1.54) is 10.9 Å². The molecule has 2 atom stereocenters. The van der Waals surface area contributed by atoms with Crippen LogP contribution in [0.3, 0.4) is 0 Å². The summed E-state index contributed by atoms with van der Waals surface area (Å²) in [5.74, 6) is 0. The van der Waals surface area contributed by atoms with Crippen molar-refractivity contribution in [1.82, 2.24) is 15.2 Å². The molecule has 0 spiro atoms. The van der Waals surface area contributed by atoms with Crippen LogP contribution in [0.2, 0.25) is 0 Å². The second-order valence-electron chi connectivity index (χ2n) is 5.66. The first-order valence-corrected chi connectivity index (χ1v) is 7.66. The van der Waals surface area contributed by atoms with E-state index in [1.807, 2.05) is 12.3 Å². The van der Waals surface area contributed by atoms with E-state index in [4.69, 9.17) is 4.74 Å². The Morgan fingerprint density at radius 3 is 3.14 bits per heavy atom. The van der Waals surface area contributed by atoms with Crippen molar-refractivity contribution in [3.8, 4) is 0 Å². The molecule has 112 valence electrons. The summed E-state index contributed by atoms with van der Waals surface area (Å²) < 4.78 is 6.00. The number of fused-ring (bicyclic) bond motifs is 1. The van der Waals surface area contributed by atoms with Crippen LogP contribution in [-0.2, 0) is 4.74 Å². The Hall–Kier alpha value is -1.49. The molecule has 1 fully saturated rings. The molecule has 0 amide bonds. The molecule has 0 saturated carbocycles. The second-order valence-corrected chi connectivity index (χ2v) is 5.66. The summed E-state index contributed by atoms with van der Waals surface area (Å²) in [6, 6.07) is 10.8. The number of likely N-dealkylation sites (N-methyl/N-ethyl adjacent to an activating group) is 2. The summed E-state index contributed by atoms with van der Waals surface area (Å²) in [6.07, 6.45) is 2.03. The van der Waals surface area contributed by atoms with Crippen LogP contribution in [0.5, 0.6) is 0 Å². The standard InChI is InChI=1S/C17H23N3O/c1-3-18-17(16-12-20(2)9-10-21-16)14-7-6-13-5-4-8-19-15(13)11-14/h4-8,11,16-18H,3,9-10,12H2,1-2H3. The van der Waals surface area contributed by atoms with Crippen LogP contribution in [0.25, 0.3) is 10.9 Å². The molecule has 4 nitrogen and oxygen atoms in total. The molecule has 1 aromatic heterocycles.